The molecule has 9 heteroatoms. The van der Waals surface area contributed by atoms with Crippen molar-refractivity contribution in [1.29, 1.82) is 0 Å². The van der Waals surface area contributed by atoms with Gasteiger partial charge in [-0.05, 0) is 12.1 Å². The molecule has 0 aliphatic carbocycles. The third kappa shape index (κ3) is 3.30. The smallest absolute Gasteiger partial charge is 0.409 e. The van der Waals surface area contributed by atoms with E-state index in [0.29, 0.717) is 6.07 Å². The van der Waals surface area contributed by atoms with Crippen LogP contribution in [-0.4, -0.2) is 57.0 Å². The summed E-state index contributed by atoms with van der Waals surface area (Å²) in [5.74, 6) is -1.91. The number of sulfonamides is 1. The molecule has 6 nitrogen and oxygen atoms in total. The lowest BCUT2D eigenvalue weighted by atomic mass is 10.3. The number of rotatable bonds is 2. The maximum Gasteiger partial charge on any atom is 0.409 e. The molecule has 0 N–H and O–H groups in total. The van der Waals surface area contributed by atoms with Crippen molar-refractivity contribution < 1.29 is 26.7 Å². The quantitative estimate of drug-likeness (QED) is 0.816. The Morgan fingerprint density at radius 1 is 1.10 bits per heavy atom. The number of amides is 1. The highest BCUT2D eigenvalue weighted by atomic mass is 32.2. The number of hydrogen-bond acceptors (Lipinski definition) is 4. The number of halogens is 2. The van der Waals surface area contributed by atoms with Gasteiger partial charge in [0.25, 0.3) is 0 Å². The molecule has 1 aliphatic heterocycles. The van der Waals surface area contributed by atoms with E-state index in [1.54, 1.807) is 0 Å². The van der Waals surface area contributed by atoms with Crippen molar-refractivity contribution in [2.75, 3.05) is 33.3 Å². The van der Waals surface area contributed by atoms with Gasteiger partial charge in [0.1, 0.15) is 11.6 Å². The van der Waals surface area contributed by atoms with Gasteiger partial charge in [-0.15, -0.1) is 0 Å². The van der Waals surface area contributed by atoms with Crippen molar-refractivity contribution in [3.8, 4) is 0 Å². The molecule has 0 bridgehead atoms. The Morgan fingerprint density at radius 3 is 2.10 bits per heavy atom. The van der Waals surface area contributed by atoms with Crippen LogP contribution in [-0.2, 0) is 14.8 Å². The van der Waals surface area contributed by atoms with Gasteiger partial charge in [0, 0.05) is 32.2 Å². The average molecular weight is 320 g/mol. The Morgan fingerprint density at radius 2 is 1.62 bits per heavy atom. The van der Waals surface area contributed by atoms with Gasteiger partial charge < -0.3 is 9.64 Å². The van der Waals surface area contributed by atoms with Crippen LogP contribution in [0.5, 0.6) is 0 Å². The second kappa shape index (κ2) is 5.94. The van der Waals surface area contributed by atoms with Crippen LogP contribution < -0.4 is 0 Å². The molecule has 0 saturated carbocycles. The SMILES string of the molecule is COC(=O)N1CCN(S(=O)(=O)c2cc(F)cc(F)c2)CC1. The number of methoxy groups -OCH3 is 1. The molecular weight excluding hydrogens is 306 g/mol. The van der Waals surface area contributed by atoms with Crippen molar-refractivity contribution in [1.82, 2.24) is 9.21 Å². The highest BCUT2D eigenvalue weighted by Gasteiger charge is 2.31. The normalized spacial score (nSPS) is 16.8. The zero-order valence-corrected chi connectivity index (χ0v) is 12.1. The van der Waals surface area contributed by atoms with Crippen molar-refractivity contribution >= 4 is 16.1 Å². The maximum absolute atomic E-state index is 13.1. The molecule has 0 aromatic heterocycles. The highest BCUT2D eigenvalue weighted by Crippen LogP contribution is 2.20. The summed E-state index contributed by atoms with van der Waals surface area (Å²) < 4.78 is 56.5. The van der Waals surface area contributed by atoms with E-state index in [1.165, 1.54) is 12.0 Å². The molecule has 1 aliphatic rings. The monoisotopic (exact) mass is 320 g/mol. The van der Waals surface area contributed by atoms with E-state index >= 15 is 0 Å². The number of ether oxygens (including phenoxy) is 1. The molecule has 1 heterocycles. The number of benzene rings is 1. The van der Waals surface area contributed by atoms with Gasteiger partial charge in [-0.3, -0.25) is 0 Å². The molecule has 0 unspecified atom stereocenters. The lowest BCUT2D eigenvalue weighted by molar-refractivity contribution is 0.108. The summed E-state index contributed by atoms with van der Waals surface area (Å²) in [5, 5.41) is 0. The minimum atomic E-state index is -3.99. The molecule has 116 valence electrons. The fourth-order valence-corrected chi connectivity index (χ4v) is 3.53. The first-order valence-corrected chi connectivity index (χ1v) is 7.58. The maximum atomic E-state index is 13.1. The average Bonchev–Trinajstić information content (AvgIpc) is 2.45. The summed E-state index contributed by atoms with van der Waals surface area (Å²) in [6.07, 6.45) is -0.538. The van der Waals surface area contributed by atoms with E-state index in [0.717, 1.165) is 16.4 Å². The molecule has 0 atom stereocenters. The summed E-state index contributed by atoms with van der Waals surface area (Å²) in [6, 6.07) is 2.14. The van der Waals surface area contributed by atoms with Gasteiger partial charge in [0.05, 0.1) is 12.0 Å². The molecule has 21 heavy (non-hydrogen) atoms. The van der Waals surface area contributed by atoms with Gasteiger partial charge in [-0.2, -0.15) is 4.31 Å². The zero-order valence-electron chi connectivity index (χ0n) is 11.3. The molecule has 1 saturated heterocycles. The summed E-state index contributed by atoms with van der Waals surface area (Å²) in [6.45, 7) is 0.387. The lowest BCUT2D eigenvalue weighted by Gasteiger charge is -2.33. The van der Waals surface area contributed by atoms with Crippen LogP contribution in [0.4, 0.5) is 13.6 Å². The van der Waals surface area contributed by atoms with Crippen molar-refractivity contribution in [3.63, 3.8) is 0 Å². The molecule has 1 aromatic rings. The van der Waals surface area contributed by atoms with Crippen LogP contribution in [0.15, 0.2) is 23.1 Å². The van der Waals surface area contributed by atoms with Gasteiger partial charge in [0.2, 0.25) is 10.0 Å². The first-order valence-electron chi connectivity index (χ1n) is 6.14. The lowest BCUT2D eigenvalue weighted by Crippen LogP contribution is -2.50. The van der Waals surface area contributed by atoms with Crippen LogP contribution in [0.2, 0.25) is 0 Å². The van der Waals surface area contributed by atoms with E-state index in [2.05, 4.69) is 4.74 Å². The summed E-state index contributed by atoms with van der Waals surface area (Å²) in [7, 11) is -2.75. The minimum absolute atomic E-state index is 0.0373. The largest absolute Gasteiger partial charge is 0.453 e. The molecule has 0 spiro atoms. The fourth-order valence-electron chi connectivity index (χ4n) is 2.07. The summed E-state index contributed by atoms with van der Waals surface area (Å²) in [5.41, 5.74) is 0. The molecule has 1 aromatic carbocycles. The first kappa shape index (κ1) is 15.6. The van der Waals surface area contributed by atoms with Gasteiger partial charge >= 0.3 is 6.09 Å². The Kier molecular flexibility index (Phi) is 4.43. The Bertz CT molecular complexity index is 622. The third-order valence-electron chi connectivity index (χ3n) is 3.15. The highest BCUT2D eigenvalue weighted by molar-refractivity contribution is 7.89. The topological polar surface area (TPSA) is 66.9 Å². The molecule has 1 amide bonds. The Balaban J connectivity index is 2.16. The van der Waals surface area contributed by atoms with E-state index in [4.69, 9.17) is 0 Å². The second-order valence-electron chi connectivity index (χ2n) is 4.47. The van der Waals surface area contributed by atoms with Crippen molar-refractivity contribution in [2.24, 2.45) is 0 Å². The standard InChI is InChI=1S/C12H14F2N2O4S/c1-20-12(17)15-2-4-16(5-3-15)21(18,19)11-7-9(13)6-10(14)8-11/h6-8H,2-5H2,1H3. The van der Waals surface area contributed by atoms with Gasteiger partial charge in [-0.1, -0.05) is 0 Å². The molecule has 0 radical (unpaired) electrons. The van der Waals surface area contributed by atoms with E-state index < -0.39 is 32.6 Å². The molecular formula is C12H14F2N2O4S. The van der Waals surface area contributed by atoms with Crippen LogP contribution >= 0.6 is 0 Å². The number of carbonyl (C=O) groups is 1. The number of piperazine rings is 1. The van der Waals surface area contributed by atoms with E-state index in [9.17, 15) is 22.0 Å². The fraction of sp³-hybridized carbons (Fsp3) is 0.417. The first-order chi connectivity index (χ1) is 9.84. The number of hydrogen-bond donors (Lipinski definition) is 0. The number of carbonyl (C=O) groups excluding carboxylic acids is 1. The molecule has 2 rings (SSSR count). The molecule has 1 fully saturated rings. The second-order valence-corrected chi connectivity index (χ2v) is 6.40. The van der Waals surface area contributed by atoms with E-state index in [1.807, 2.05) is 0 Å². The van der Waals surface area contributed by atoms with E-state index in [-0.39, 0.29) is 26.2 Å². The van der Waals surface area contributed by atoms with Crippen molar-refractivity contribution in [2.45, 2.75) is 4.90 Å². The van der Waals surface area contributed by atoms with Crippen molar-refractivity contribution in [3.05, 3.63) is 29.8 Å². The third-order valence-corrected chi connectivity index (χ3v) is 5.02. The predicted octanol–water partition coefficient (Wildman–Crippen LogP) is 1.04. The Hall–Kier alpha value is -1.74. The van der Waals surface area contributed by atoms with Crippen LogP contribution in [0.1, 0.15) is 0 Å². The van der Waals surface area contributed by atoms with Crippen LogP contribution in [0, 0.1) is 11.6 Å². The summed E-state index contributed by atoms with van der Waals surface area (Å²) in [4.78, 5) is 12.2. The van der Waals surface area contributed by atoms with Crippen LogP contribution in [0.3, 0.4) is 0 Å². The zero-order chi connectivity index (χ0) is 15.6. The van der Waals surface area contributed by atoms with Gasteiger partial charge in [-0.25, -0.2) is 22.0 Å². The minimum Gasteiger partial charge on any atom is -0.453 e. The van der Waals surface area contributed by atoms with Gasteiger partial charge in [0.15, 0.2) is 0 Å². The summed E-state index contributed by atoms with van der Waals surface area (Å²) >= 11 is 0. The number of nitrogens with zero attached hydrogens (tertiary/aromatic N) is 2. The predicted molar refractivity (Wildman–Crippen MR) is 69.1 cm³/mol. The Labute approximate surface area is 121 Å². The van der Waals surface area contributed by atoms with Crippen LogP contribution in [0.25, 0.3) is 0 Å².